The summed E-state index contributed by atoms with van der Waals surface area (Å²) in [6, 6.07) is 1.68. The van der Waals surface area contributed by atoms with Crippen molar-refractivity contribution in [1.29, 1.82) is 0 Å². The highest BCUT2D eigenvalue weighted by Gasteiger charge is 2.53. The number of likely N-dealkylation sites (tertiary alicyclic amines) is 2. The van der Waals surface area contributed by atoms with Crippen LogP contribution in [0.3, 0.4) is 0 Å². The maximum absolute atomic E-state index is 15.2. The Balaban J connectivity index is 0.926. The van der Waals surface area contributed by atoms with Crippen molar-refractivity contribution in [1.82, 2.24) is 40.9 Å². The number of aliphatic imine (C=N–C) groups is 2. The Morgan fingerprint density at radius 3 is 1.32 bits per heavy atom. The van der Waals surface area contributed by atoms with Gasteiger partial charge in [-0.25, -0.2) is 9.59 Å². The van der Waals surface area contributed by atoms with Crippen LogP contribution in [-0.2, 0) is 73.9 Å². The van der Waals surface area contributed by atoms with Crippen LogP contribution >= 0.6 is 0 Å². The van der Waals surface area contributed by atoms with Crippen LogP contribution in [0.2, 0.25) is 0 Å². The summed E-state index contributed by atoms with van der Waals surface area (Å²) in [4.78, 5) is 154. The number of carbonyl (C=O) groups is 10. The van der Waals surface area contributed by atoms with Crippen molar-refractivity contribution in [2.75, 3.05) is 26.3 Å². The number of nitrogens with two attached hydrogens (primary N) is 5. The normalized spacial score (nSPS) is 24.2. The van der Waals surface area contributed by atoms with Gasteiger partial charge in [0.1, 0.15) is 48.3 Å². The molecule has 2 aliphatic carbocycles. The second kappa shape index (κ2) is 30.9. The zero-order valence-corrected chi connectivity index (χ0v) is 50.5. The number of nitrogens with one attached hydrogen (secondary N) is 4. The Hall–Kier alpha value is -8.44. The summed E-state index contributed by atoms with van der Waals surface area (Å²) < 4.78 is 0. The van der Waals surface area contributed by atoms with Gasteiger partial charge in [-0.2, -0.15) is 0 Å². The van der Waals surface area contributed by atoms with Crippen molar-refractivity contribution in [3.8, 4) is 0 Å². The fourth-order valence-corrected chi connectivity index (χ4v) is 14.1. The molecule has 13 atom stereocenters. The van der Waals surface area contributed by atoms with Gasteiger partial charge in [0.25, 0.3) is 0 Å². The molecule has 2 saturated carbocycles. The smallest absolute Gasteiger partial charge is 0.326 e. The lowest BCUT2D eigenvalue weighted by atomic mass is 9.84. The van der Waals surface area contributed by atoms with E-state index < -0.39 is 133 Å². The van der Waals surface area contributed by atoms with E-state index >= 15 is 9.59 Å². The second-order valence-corrected chi connectivity index (χ2v) is 24.5. The maximum Gasteiger partial charge on any atom is 0.326 e. The number of carboxylic acids is 2. The van der Waals surface area contributed by atoms with E-state index in [-0.39, 0.29) is 120 Å². The lowest BCUT2D eigenvalue weighted by Gasteiger charge is -2.42. The number of hydrogen-bond donors (Lipinski definition) is 13. The minimum Gasteiger partial charge on any atom is -0.480 e. The highest BCUT2D eigenvalue weighted by molar-refractivity contribution is 5.98. The first kappa shape index (κ1) is 67.5. The van der Waals surface area contributed by atoms with E-state index in [2.05, 4.69) is 31.3 Å². The molecule has 18 N–H and O–H groups in total. The summed E-state index contributed by atoms with van der Waals surface area (Å²) in [7, 11) is 0. The number of aliphatic hydroxyl groups excluding tert-OH is 2. The average molecular weight is 1250 g/mol. The summed E-state index contributed by atoms with van der Waals surface area (Å²) in [5, 5.41) is 51.9. The summed E-state index contributed by atoms with van der Waals surface area (Å²) in [6.45, 7) is -1.78. The number of nitrogens with zero attached hydrogens (tertiary/aromatic N) is 6. The van der Waals surface area contributed by atoms with Gasteiger partial charge in [-0.05, 0) is 105 Å². The molecule has 0 aromatic heterocycles. The van der Waals surface area contributed by atoms with Gasteiger partial charge in [0.05, 0.1) is 19.3 Å². The molecule has 490 valence electrons. The quantitative estimate of drug-likeness (QED) is 0.0263. The zero-order valence-electron chi connectivity index (χ0n) is 50.5. The molecule has 29 heteroatoms. The van der Waals surface area contributed by atoms with Gasteiger partial charge in [0, 0.05) is 57.5 Å². The summed E-state index contributed by atoms with van der Waals surface area (Å²) in [5.74, 6) is -8.83. The van der Waals surface area contributed by atoms with Crippen molar-refractivity contribution >= 4 is 71.1 Å². The number of carbonyl (C=O) groups excluding carboxylic acids is 8. The molecule has 4 fully saturated rings. The Labute approximate surface area is 521 Å². The number of hydrogen-bond acceptors (Lipinski definition) is 15. The zero-order chi connectivity index (χ0) is 64.9. The molecule has 0 radical (unpaired) electrons. The first-order chi connectivity index (χ1) is 43.1. The first-order valence-electron chi connectivity index (χ1n) is 31.2. The molecule has 0 bridgehead atoms. The van der Waals surface area contributed by atoms with Crippen LogP contribution in [0.15, 0.2) is 58.5 Å². The monoisotopic (exact) mass is 1250 g/mol. The van der Waals surface area contributed by atoms with E-state index in [1.54, 1.807) is 36.4 Å². The molecule has 2 saturated heterocycles. The molecule has 8 amide bonds. The average Bonchev–Trinajstić information content (AvgIpc) is 1.51. The summed E-state index contributed by atoms with van der Waals surface area (Å²) in [5.41, 5.74) is 31.0. The van der Waals surface area contributed by atoms with Crippen molar-refractivity contribution in [2.24, 2.45) is 50.5 Å². The Bertz CT molecular complexity index is 3050. The molecule has 4 aliphatic heterocycles. The van der Waals surface area contributed by atoms with Crippen molar-refractivity contribution in [3.63, 3.8) is 0 Å². The van der Waals surface area contributed by atoms with E-state index in [4.69, 9.17) is 28.7 Å². The van der Waals surface area contributed by atoms with Crippen molar-refractivity contribution in [3.05, 3.63) is 70.8 Å². The molecular weight excluding hydrogens is 1170 g/mol. The summed E-state index contributed by atoms with van der Waals surface area (Å²) in [6.07, 6.45) is 6.15. The topological polar surface area (TPSA) is 468 Å². The predicted octanol–water partition coefficient (Wildman–Crippen LogP) is -2.48. The third-order valence-corrected chi connectivity index (χ3v) is 18.7. The molecule has 0 spiro atoms. The number of carboxylic acid groups (broad SMARTS) is 2. The minimum absolute atomic E-state index is 0.00426. The molecular formula is C61H87N15O14. The Kier molecular flexibility index (Phi) is 23.1. The van der Waals surface area contributed by atoms with Crippen LogP contribution in [0.1, 0.15) is 125 Å². The van der Waals surface area contributed by atoms with Crippen LogP contribution in [0.5, 0.6) is 0 Å². The fourth-order valence-electron chi connectivity index (χ4n) is 14.1. The van der Waals surface area contributed by atoms with Gasteiger partial charge in [-0.1, -0.05) is 74.2 Å². The third-order valence-electron chi connectivity index (χ3n) is 18.7. The number of fused-ring (bicyclic) bond motifs is 4. The molecule has 29 nitrogen and oxygen atoms in total. The Morgan fingerprint density at radius 2 is 0.922 bits per heavy atom. The van der Waals surface area contributed by atoms with Crippen LogP contribution in [-0.4, -0.2) is 204 Å². The third kappa shape index (κ3) is 16.1. The van der Waals surface area contributed by atoms with E-state index in [9.17, 15) is 58.8 Å². The van der Waals surface area contributed by atoms with Gasteiger partial charge in [-0.15, -0.1) is 0 Å². The largest absolute Gasteiger partial charge is 0.480 e. The maximum atomic E-state index is 15.2. The van der Waals surface area contributed by atoms with Crippen LogP contribution in [0, 0.1) is 11.8 Å². The highest BCUT2D eigenvalue weighted by Crippen LogP contribution is 2.43. The van der Waals surface area contributed by atoms with E-state index in [0.29, 0.717) is 24.0 Å². The van der Waals surface area contributed by atoms with E-state index in [0.717, 1.165) is 49.7 Å². The molecule has 2 aromatic rings. The molecule has 2 aromatic carbocycles. The molecule has 90 heavy (non-hydrogen) atoms. The number of amides is 8. The van der Waals surface area contributed by atoms with Gasteiger partial charge in [0.2, 0.25) is 47.3 Å². The van der Waals surface area contributed by atoms with Gasteiger partial charge < -0.3 is 90.0 Å². The van der Waals surface area contributed by atoms with Crippen LogP contribution in [0.4, 0.5) is 0 Å². The highest BCUT2D eigenvalue weighted by atomic mass is 16.4. The van der Waals surface area contributed by atoms with Gasteiger partial charge in [0.15, 0.2) is 11.9 Å². The predicted molar refractivity (Wildman–Crippen MR) is 325 cm³/mol. The Morgan fingerprint density at radius 1 is 0.522 bits per heavy atom. The van der Waals surface area contributed by atoms with Crippen molar-refractivity contribution < 1.29 is 68.4 Å². The SMILES string of the molecule is NC(N)=NCCC[C@H](NC(=O)[C@@H]1CC2CCCCC2N1C(=O)[C@H]1Cc2ccccc2CN1C(=O)[C@H](CO)NC(=O)CC[C@H](N)C(=O)N[C@@H](CO)C(=O)N1Cc2ccccc2C[C@@H]1C(=O)N1C2CCCCC2C[C@H]1C(=O)N[C@@H](CCCN=C(N)N)C(=O)O)C(=O)O. The molecule has 4 unspecified atom stereocenters. The molecule has 6 aliphatic rings. The standard InChI is InChI=1S/C61H87N15O14/c62-39(51(80)72-43(32-78)55(84)74-30-38-16-4-2-12-34(38)26-49(74)57(86)76-45-20-8-6-14-36(45)28-47(76)53(82)71-41(59(89)90)18-10-24-68-61(65)66)21-22-50(79)69-42(31-77)54(83)73-29-37-15-3-1-11-33(37)25-48(73)56(85)75-44-19-7-5-13-35(44)27-46(75)52(81)70-40(58(87)88)17-9-23-67-60(63)64/h1-4,11-12,15-16,35-36,39-49,77-78H,5-10,13-14,17-32,62H2,(H,69,79)(H,70,81)(H,71,82)(H,72,80)(H,87,88)(H,89,90)(H4,63,64,67)(H4,65,66,68)/t35?,36?,39-,40-,41-,42-,43-,44?,45?,46-,47-,48+,49+/m0/s1. The number of aliphatic hydroxyl groups is 2. The molecule has 8 rings (SSSR count). The lowest BCUT2D eigenvalue weighted by Crippen LogP contribution is -2.62. The second-order valence-electron chi connectivity index (χ2n) is 24.5. The first-order valence-corrected chi connectivity index (χ1v) is 31.2. The fraction of sp³-hybridized carbons (Fsp3) is 0.607. The lowest BCUT2D eigenvalue weighted by molar-refractivity contribution is -0.153. The van der Waals surface area contributed by atoms with Gasteiger partial charge >= 0.3 is 11.9 Å². The van der Waals surface area contributed by atoms with Crippen molar-refractivity contribution in [2.45, 2.75) is 195 Å². The summed E-state index contributed by atoms with van der Waals surface area (Å²) >= 11 is 0. The van der Waals surface area contributed by atoms with E-state index in [1.807, 2.05) is 12.1 Å². The van der Waals surface area contributed by atoms with Crippen LogP contribution < -0.4 is 49.9 Å². The van der Waals surface area contributed by atoms with Crippen LogP contribution in [0.25, 0.3) is 0 Å². The number of guanidine groups is 2. The van der Waals surface area contributed by atoms with E-state index in [1.165, 1.54) is 19.6 Å². The molecule has 4 heterocycles. The number of rotatable bonds is 26. The number of benzene rings is 2. The van der Waals surface area contributed by atoms with Gasteiger partial charge in [-0.3, -0.25) is 48.3 Å². The minimum atomic E-state index is -1.64. The number of aliphatic carboxylic acids is 2.